The number of carbonyl (C=O) groups is 2. The van der Waals surface area contributed by atoms with Gasteiger partial charge in [0.2, 0.25) is 5.89 Å². The van der Waals surface area contributed by atoms with Gasteiger partial charge < -0.3 is 10.2 Å². The zero-order valence-corrected chi connectivity index (χ0v) is 10.9. The molecule has 0 saturated heterocycles. The molecule has 2 aromatic rings. The van der Waals surface area contributed by atoms with Crippen LogP contribution in [0.2, 0.25) is 0 Å². The van der Waals surface area contributed by atoms with Crippen molar-refractivity contribution in [2.45, 2.75) is 12.3 Å². The summed E-state index contributed by atoms with van der Waals surface area (Å²) in [6, 6.07) is 4.96. The van der Waals surface area contributed by atoms with Gasteiger partial charge in [0.15, 0.2) is 15.8 Å². The van der Waals surface area contributed by atoms with Gasteiger partial charge in [0, 0.05) is 18.2 Å². The van der Waals surface area contributed by atoms with Gasteiger partial charge >= 0.3 is 0 Å². The molecule has 5 nitrogen and oxygen atoms in total. The minimum atomic E-state index is -0.827. The Bertz CT molecular complexity index is 624. The molecular weight excluding hydrogens is 272 g/mol. The molecule has 94 valence electrons. The number of nitrogen functional groups attached to an aromatic ring is 1. The number of rotatable bonds is 4. The molecule has 2 rings (SSSR count). The van der Waals surface area contributed by atoms with Gasteiger partial charge in [-0.1, -0.05) is 0 Å². The van der Waals surface area contributed by atoms with Gasteiger partial charge in [0.1, 0.15) is 11.4 Å². The van der Waals surface area contributed by atoms with Crippen LogP contribution in [0.25, 0.3) is 11.1 Å². The van der Waals surface area contributed by atoms with Crippen LogP contribution in [-0.2, 0) is 9.59 Å². The third-order valence-corrected chi connectivity index (χ3v) is 2.90. The number of fused-ring (bicyclic) bond motifs is 1. The molecule has 0 bridgehead atoms. The summed E-state index contributed by atoms with van der Waals surface area (Å²) in [7, 11) is 0. The number of oxazole rings is 1. The van der Waals surface area contributed by atoms with E-state index in [0.29, 0.717) is 16.8 Å². The molecule has 1 heterocycles. The quantitative estimate of drug-likeness (QED) is 0.588. The fraction of sp³-hybridized carbons (Fsp3) is 0.182. The Morgan fingerprint density at radius 2 is 2.11 bits per heavy atom. The summed E-state index contributed by atoms with van der Waals surface area (Å²) < 4.78 is 5.43. The predicted octanol–water partition coefficient (Wildman–Crippen LogP) is 1.80. The molecule has 7 heteroatoms. The molecule has 0 spiro atoms. The highest BCUT2D eigenvalue weighted by Crippen LogP contribution is 2.27. The maximum Gasteiger partial charge on any atom is 0.207 e. The zero-order valence-electron chi connectivity index (χ0n) is 9.16. The third kappa shape index (κ3) is 2.68. The number of nitrogens with two attached hydrogens (primary N) is 1. The van der Waals surface area contributed by atoms with Gasteiger partial charge in [-0.15, -0.1) is 25.3 Å². The molecule has 0 aliphatic carbocycles. The molecule has 2 N–H and O–H groups in total. The summed E-state index contributed by atoms with van der Waals surface area (Å²) in [5, 5.41) is -0.916. The minimum Gasteiger partial charge on any atom is -0.440 e. The van der Waals surface area contributed by atoms with Gasteiger partial charge in [0.25, 0.3) is 0 Å². The van der Waals surface area contributed by atoms with Gasteiger partial charge in [-0.2, -0.15) is 0 Å². The van der Waals surface area contributed by atoms with Crippen molar-refractivity contribution in [3.8, 4) is 0 Å². The van der Waals surface area contributed by atoms with Crippen LogP contribution in [0.1, 0.15) is 18.2 Å². The normalized spacial score (nSPS) is 12.6. The monoisotopic (exact) mass is 282 g/mol. The number of benzene rings is 1. The fourth-order valence-electron chi connectivity index (χ4n) is 1.56. The average molecular weight is 282 g/mol. The van der Waals surface area contributed by atoms with Crippen molar-refractivity contribution in [3.63, 3.8) is 0 Å². The van der Waals surface area contributed by atoms with Gasteiger partial charge in [-0.05, 0) is 12.1 Å². The van der Waals surface area contributed by atoms with Crippen LogP contribution < -0.4 is 5.73 Å². The van der Waals surface area contributed by atoms with E-state index in [4.69, 9.17) is 10.2 Å². The van der Waals surface area contributed by atoms with Gasteiger partial charge in [-0.3, -0.25) is 9.59 Å². The number of thiol groups is 2. The molecule has 1 aromatic carbocycles. The van der Waals surface area contributed by atoms with Crippen LogP contribution in [0.15, 0.2) is 22.6 Å². The summed E-state index contributed by atoms with van der Waals surface area (Å²) in [5.41, 5.74) is 7.19. The second-order valence-electron chi connectivity index (χ2n) is 3.77. The SMILES string of the molecule is Nc1ccc2nc(C(CC(=O)S)C(=O)S)oc2c1. The van der Waals surface area contributed by atoms with Crippen LogP contribution in [-0.4, -0.2) is 15.2 Å². The first-order chi connectivity index (χ1) is 8.47. The maximum absolute atomic E-state index is 11.4. The highest BCUT2D eigenvalue weighted by Gasteiger charge is 2.25. The van der Waals surface area contributed by atoms with Crippen LogP contribution in [0, 0.1) is 0 Å². The van der Waals surface area contributed by atoms with Crippen molar-refractivity contribution in [3.05, 3.63) is 24.1 Å². The Balaban J connectivity index is 2.44. The highest BCUT2D eigenvalue weighted by molar-refractivity contribution is 7.97. The Hall–Kier alpha value is -1.47. The van der Waals surface area contributed by atoms with Crippen molar-refractivity contribution in [2.75, 3.05) is 5.73 Å². The topological polar surface area (TPSA) is 86.2 Å². The molecule has 0 fully saturated rings. The van der Waals surface area contributed by atoms with Crippen LogP contribution in [0.4, 0.5) is 5.69 Å². The average Bonchev–Trinajstić information content (AvgIpc) is 2.67. The number of nitrogens with zero attached hydrogens (tertiary/aromatic N) is 1. The Morgan fingerprint density at radius 1 is 1.39 bits per heavy atom. The molecule has 1 unspecified atom stereocenters. The summed E-state index contributed by atoms with van der Waals surface area (Å²) in [4.78, 5) is 26.5. The molecule has 0 radical (unpaired) electrons. The van der Waals surface area contributed by atoms with Gasteiger partial charge in [-0.25, -0.2) is 4.98 Å². The highest BCUT2D eigenvalue weighted by atomic mass is 32.1. The molecule has 1 atom stereocenters. The third-order valence-electron chi connectivity index (χ3n) is 2.40. The Kier molecular flexibility index (Phi) is 3.63. The van der Waals surface area contributed by atoms with Crippen LogP contribution in [0.3, 0.4) is 0 Å². The van der Waals surface area contributed by atoms with E-state index >= 15 is 0 Å². The van der Waals surface area contributed by atoms with E-state index in [1.165, 1.54) is 0 Å². The van der Waals surface area contributed by atoms with E-state index in [1.807, 2.05) is 0 Å². The lowest BCUT2D eigenvalue weighted by molar-refractivity contribution is -0.117. The van der Waals surface area contributed by atoms with E-state index in [2.05, 4.69) is 30.2 Å². The van der Waals surface area contributed by atoms with E-state index in [1.54, 1.807) is 18.2 Å². The van der Waals surface area contributed by atoms with E-state index in [-0.39, 0.29) is 12.3 Å². The van der Waals surface area contributed by atoms with Gasteiger partial charge in [0.05, 0.1) is 0 Å². The fourth-order valence-corrected chi connectivity index (χ4v) is 1.95. The van der Waals surface area contributed by atoms with Crippen molar-refractivity contribution in [1.82, 2.24) is 4.98 Å². The smallest absolute Gasteiger partial charge is 0.207 e. The van der Waals surface area contributed by atoms with Crippen molar-refractivity contribution in [1.29, 1.82) is 0 Å². The maximum atomic E-state index is 11.4. The van der Waals surface area contributed by atoms with Crippen LogP contribution in [0.5, 0.6) is 0 Å². The van der Waals surface area contributed by atoms with E-state index < -0.39 is 16.1 Å². The summed E-state index contributed by atoms with van der Waals surface area (Å²) in [6.45, 7) is 0. The zero-order chi connectivity index (χ0) is 13.3. The number of hydrogen-bond donors (Lipinski definition) is 3. The van der Waals surface area contributed by atoms with E-state index in [9.17, 15) is 9.59 Å². The molecule has 0 saturated carbocycles. The molecule has 0 aliphatic heterocycles. The number of carbonyl (C=O) groups excluding carboxylic acids is 2. The largest absolute Gasteiger partial charge is 0.440 e. The molecule has 18 heavy (non-hydrogen) atoms. The number of hydrogen-bond acceptors (Lipinski definition) is 5. The molecular formula is C11H10N2O3S2. The summed E-state index contributed by atoms with van der Waals surface area (Å²) in [6.07, 6.45) is -0.103. The minimum absolute atomic E-state index is 0.103. The van der Waals surface area contributed by atoms with Crippen molar-refractivity contribution >= 4 is 52.3 Å². The summed E-state index contributed by atoms with van der Waals surface area (Å²) >= 11 is 7.38. The first kappa shape index (κ1) is 13.0. The standard InChI is InChI=1S/C11H10N2O3S2/c12-5-1-2-7-8(3-5)16-10(13-7)6(11(15)18)4-9(14)17/h1-3,6H,4,12H2,(H,14,17)(H,15,18). The van der Waals surface area contributed by atoms with Crippen molar-refractivity contribution in [2.24, 2.45) is 0 Å². The molecule has 0 amide bonds. The Labute approximate surface area is 114 Å². The number of anilines is 1. The lowest BCUT2D eigenvalue weighted by Gasteiger charge is -2.05. The lowest BCUT2D eigenvalue weighted by atomic mass is 10.1. The van der Waals surface area contributed by atoms with Crippen molar-refractivity contribution < 1.29 is 14.0 Å². The molecule has 1 aromatic heterocycles. The second-order valence-corrected chi connectivity index (χ2v) is 4.71. The summed E-state index contributed by atoms with van der Waals surface area (Å²) in [5.74, 6) is -0.676. The number of aromatic nitrogens is 1. The first-order valence-corrected chi connectivity index (χ1v) is 5.97. The molecule has 0 aliphatic rings. The predicted molar refractivity (Wildman–Crippen MR) is 73.8 cm³/mol. The lowest BCUT2D eigenvalue weighted by Crippen LogP contribution is -2.10. The first-order valence-electron chi connectivity index (χ1n) is 5.08. The van der Waals surface area contributed by atoms with E-state index in [0.717, 1.165) is 0 Å². The Morgan fingerprint density at radius 3 is 2.72 bits per heavy atom. The second kappa shape index (κ2) is 5.03. The van der Waals surface area contributed by atoms with Crippen LogP contribution >= 0.6 is 25.3 Å².